The molecule has 1 aliphatic heterocycles. The van der Waals surface area contributed by atoms with Gasteiger partial charge in [-0.1, -0.05) is 36.4 Å². The van der Waals surface area contributed by atoms with Gasteiger partial charge in [-0.15, -0.1) is 0 Å². The van der Waals surface area contributed by atoms with E-state index in [1.165, 1.54) is 0 Å². The molecule has 0 amide bonds. The molecular weight excluding hydrogens is 174 g/mol. The summed E-state index contributed by atoms with van der Waals surface area (Å²) >= 11 is 0. The predicted molar refractivity (Wildman–Crippen MR) is 56.8 cm³/mol. The number of rotatable bonds is 2. The van der Waals surface area contributed by atoms with Gasteiger partial charge >= 0.3 is 0 Å². The molecule has 0 N–H and O–H groups in total. The SMILES string of the molecule is O=C(c1ccccc1)C1C=CC=NC1. The van der Waals surface area contributed by atoms with Crippen molar-refractivity contribution < 1.29 is 4.79 Å². The minimum absolute atomic E-state index is 0.0811. The molecule has 1 heterocycles. The van der Waals surface area contributed by atoms with Crippen molar-refractivity contribution in [3.63, 3.8) is 0 Å². The molecule has 14 heavy (non-hydrogen) atoms. The molecule has 1 atom stereocenters. The first-order valence-electron chi connectivity index (χ1n) is 4.64. The first-order valence-corrected chi connectivity index (χ1v) is 4.64. The van der Waals surface area contributed by atoms with Gasteiger partial charge in [-0.3, -0.25) is 9.79 Å². The molecule has 0 fully saturated rings. The van der Waals surface area contributed by atoms with E-state index in [-0.39, 0.29) is 11.7 Å². The Bertz CT molecular complexity index is 379. The summed E-state index contributed by atoms with van der Waals surface area (Å²) in [5.41, 5.74) is 0.763. The summed E-state index contributed by atoms with van der Waals surface area (Å²) in [5.74, 6) is 0.0705. The van der Waals surface area contributed by atoms with Crippen molar-refractivity contribution in [3.8, 4) is 0 Å². The van der Waals surface area contributed by atoms with E-state index >= 15 is 0 Å². The lowest BCUT2D eigenvalue weighted by Gasteiger charge is -2.10. The van der Waals surface area contributed by atoms with Gasteiger partial charge in [0.25, 0.3) is 0 Å². The second kappa shape index (κ2) is 4.01. The lowest BCUT2D eigenvalue weighted by molar-refractivity contribution is 0.0948. The number of hydrogen-bond donors (Lipinski definition) is 0. The lowest BCUT2D eigenvalue weighted by atomic mass is 9.96. The molecule has 1 aromatic carbocycles. The van der Waals surface area contributed by atoms with Crippen molar-refractivity contribution in [2.45, 2.75) is 0 Å². The lowest BCUT2D eigenvalue weighted by Crippen LogP contribution is -2.17. The number of carbonyl (C=O) groups is 1. The third-order valence-electron chi connectivity index (χ3n) is 2.23. The molecule has 1 aliphatic rings. The number of benzene rings is 1. The first kappa shape index (κ1) is 8.88. The van der Waals surface area contributed by atoms with E-state index < -0.39 is 0 Å². The Kier molecular flexibility index (Phi) is 2.54. The molecule has 0 saturated carbocycles. The number of dihydropyridines is 1. The highest BCUT2D eigenvalue weighted by Gasteiger charge is 2.17. The van der Waals surface area contributed by atoms with Crippen LogP contribution in [0.25, 0.3) is 0 Å². The molecule has 2 nitrogen and oxygen atoms in total. The van der Waals surface area contributed by atoms with Crippen molar-refractivity contribution in [3.05, 3.63) is 48.0 Å². The number of aliphatic imine (C=N–C) groups is 1. The van der Waals surface area contributed by atoms with Crippen LogP contribution < -0.4 is 0 Å². The Morgan fingerprint density at radius 3 is 2.71 bits per heavy atom. The second-order valence-corrected chi connectivity index (χ2v) is 3.24. The molecule has 0 aromatic heterocycles. The van der Waals surface area contributed by atoms with Gasteiger partial charge in [-0.05, 0) is 6.08 Å². The van der Waals surface area contributed by atoms with Crippen LogP contribution in [0.15, 0.2) is 47.5 Å². The highest BCUT2D eigenvalue weighted by Crippen LogP contribution is 2.12. The topological polar surface area (TPSA) is 29.4 Å². The third-order valence-corrected chi connectivity index (χ3v) is 2.23. The monoisotopic (exact) mass is 185 g/mol. The zero-order valence-electron chi connectivity index (χ0n) is 7.76. The molecule has 1 aromatic rings. The molecule has 0 aliphatic carbocycles. The largest absolute Gasteiger partial charge is 0.293 e. The summed E-state index contributed by atoms with van der Waals surface area (Å²) in [6, 6.07) is 9.35. The number of carbonyl (C=O) groups excluding carboxylic acids is 1. The summed E-state index contributed by atoms with van der Waals surface area (Å²) in [6.45, 7) is 0.574. The van der Waals surface area contributed by atoms with Crippen molar-refractivity contribution in [1.82, 2.24) is 0 Å². The van der Waals surface area contributed by atoms with Crippen LogP contribution in [0.3, 0.4) is 0 Å². The van der Waals surface area contributed by atoms with Crippen molar-refractivity contribution >= 4 is 12.0 Å². The molecule has 2 rings (SSSR count). The van der Waals surface area contributed by atoms with Gasteiger partial charge in [0, 0.05) is 11.8 Å². The quantitative estimate of drug-likeness (QED) is 0.649. The maximum Gasteiger partial charge on any atom is 0.171 e. The van der Waals surface area contributed by atoms with E-state index in [1.807, 2.05) is 42.5 Å². The minimum Gasteiger partial charge on any atom is -0.293 e. The average molecular weight is 185 g/mol. The molecule has 0 spiro atoms. The number of nitrogens with zero attached hydrogens (tertiary/aromatic N) is 1. The van der Waals surface area contributed by atoms with E-state index in [0.717, 1.165) is 5.56 Å². The summed E-state index contributed by atoms with van der Waals surface area (Å²) in [6.07, 6.45) is 5.46. The van der Waals surface area contributed by atoms with Crippen molar-refractivity contribution in [1.29, 1.82) is 0 Å². The van der Waals surface area contributed by atoms with Crippen molar-refractivity contribution in [2.75, 3.05) is 6.54 Å². The molecule has 70 valence electrons. The zero-order chi connectivity index (χ0) is 9.80. The Balaban J connectivity index is 2.17. The van der Waals surface area contributed by atoms with E-state index in [9.17, 15) is 4.79 Å². The average Bonchev–Trinajstić information content (AvgIpc) is 2.30. The Morgan fingerprint density at radius 1 is 1.29 bits per heavy atom. The highest BCUT2D eigenvalue weighted by molar-refractivity contribution is 5.99. The maximum atomic E-state index is 11.9. The second-order valence-electron chi connectivity index (χ2n) is 3.24. The number of hydrogen-bond acceptors (Lipinski definition) is 2. The van der Waals surface area contributed by atoms with Crippen LogP contribution in [-0.4, -0.2) is 18.5 Å². The number of allylic oxidation sites excluding steroid dienone is 1. The van der Waals surface area contributed by atoms with E-state index in [2.05, 4.69) is 4.99 Å². The normalized spacial score (nSPS) is 19.6. The van der Waals surface area contributed by atoms with Crippen LogP contribution in [0.5, 0.6) is 0 Å². The zero-order valence-corrected chi connectivity index (χ0v) is 7.76. The van der Waals surface area contributed by atoms with E-state index in [1.54, 1.807) is 6.21 Å². The Labute approximate surface area is 83.0 Å². The summed E-state index contributed by atoms with van der Waals surface area (Å²) in [4.78, 5) is 15.9. The molecule has 2 heteroatoms. The van der Waals surface area contributed by atoms with Crippen LogP contribution in [0.2, 0.25) is 0 Å². The third kappa shape index (κ3) is 1.79. The van der Waals surface area contributed by atoms with Gasteiger partial charge in [0.2, 0.25) is 0 Å². The Morgan fingerprint density at radius 2 is 2.07 bits per heavy atom. The van der Waals surface area contributed by atoms with Gasteiger partial charge in [0.15, 0.2) is 5.78 Å². The van der Waals surface area contributed by atoms with Crippen LogP contribution in [-0.2, 0) is 0 Å². The van der Waals surface area contributed by atoms with Gasteiger partial charge in [-0.25, -0.2) is 0 Å². The standard InChI is InChI=1S/C12H11NO/c14-12(10-5-2-1-3-6-10)11-7-4-8-13-9-11/h1-8,11H,9H2. The van der Waals surface area contributed by atoms with Gasteiger partial charge < -0.3 is 0 Å². The number of Topliss-reactive ketones (excluding diaryl/α,β-unsaturated/α-hetero) is 1. The summed E-state index contributed by atoms with van der Waals surface area (Å²) < 4.78 is 0. The minimum atomic E-state index is -0.0811. The first-order chi connectivity index (χ1) is 6.88. The van der Waals surface area contributed by atoms with Crippen LogP contribution in [0.1, 0.15) is 10.4 Å². The van der Waals surface area contributed by atoms with Crippen molar-refractivity contribution in [2.24, 2.45) is 10.9 Å². The van der Waals surface area contributed by atoms with Gasteiger partial charge in [-0.2, -0.15) is 0 Å². The molecule has 0 bridgehead atoms. The fourth-order valence-electron chi connectivity index (χ4n) is 1.47. The summed E-state index contributed by atoms with van der Waals surface area (Å²) in [5, 5.41) is 0. The van der Waals surface area contributed by atoms with E-state index in [0.29, 0.717) is 6.54 Å². The molecule has 0 radical (unpaired) electrons. The van der Waals surface area contributed by atoms with Crippen LogP contribution >= 0.6 is 0 Å². The summed E-state index contributed by atoms with van der Waals surface area (Å²) in [7, 11) is 0. The highest BCUT2D eigenvalue weighted by atomic mass is 16.1. The van der Waals surface area contributed by atoms with Gasteiger partial charge in [0.05, 0.1) is 12.5 Å². The van der Waals surface area contributed by atoms with E-state index in [4.69, 9.17) is 0 Å². The fraction of sp³-hybridized carbons (Fsp3) is 0.167. The smallest absolute Gasteiger partial charge is 0.171 e. The fourth-order valence-corrected chi connectivity index (χ4v) is 1.47. The van der Waals surface area contributed by atoms with Crippen LogP contribution in [0, 0.1) is 5.92 Å². The predicted octanol–water partition coefficient (Wildman–Crippen LogP) is 2.13. The molecule has 1 unspecified atom stereocenters. The molecular formula is C12H11NO. The van der Waals surface area contributed by atoms with Crippen LogP contribution in [0.4, 0.5) is 0 Å². The Hall–Kier alpha value is -1.70. The number of ketones is 1. The maximum absolute atomic E-state index is 11.9. The molecule has 0 saturated heterocycles. The van der Waals surface area contributed by atoms with Gasteiger partial charge in [0.1, 0.15) is 0 Å².